The van der Waals surface area contributed by atoms with Gasteiger partial charge < -0.3 is 5.32 Å². The summed E-state index contributed by atoms with van der Waals surface area (Å²) in [5, 5.41) is 14.5. The lowest BCUT2D eigenvalue weighted by atomic mass is 10.1. The molecule has 0 radical (unpaired) electrons. The van der Waals surface area contributed by atoms with Gasteiger partial charge in [-0.2, -0.15) is 5.26 Å². The van der Waals surface area contributed by atoms with Crippen molar-refractivity contribution in [2.24, 2.45) is 0 Å². The first-order chi connectivity index (χ1) is 15.2. The predicted octanol–water partition coefficient (Wildman–Crippen LogP) is 5.61. The minimum Gasteiger partial charge on any atom is -0.321 e. The molecule has 1 aromatic heterocycles. The van der Waals surface area contributed by atoms with Gasteiger partial charge in [-0.25, -0.2) is 4.98 Å². The van der Waals surface area contributed by atoms with Gasteiger partial charge in [0.1, 0.15) is 11.6 Å². The Morgan fingerprint density at radius 1 is 1.06 bits per heavy atom. The van der Waals surface area contributed by atoms with Crippen molar-refractivity contribution >= 4 is 45.7 Å². The molecule has 1 heterocycles. The van der Waals surface area contributed by atoms with E-state index in [9.17, 15) is 14.9 Å². The van der Waals surface area contributed by atoms with Gasteiger partial charge in [-0.1, -0.05) is 23.8 Å². The smallest absolute Gasteiger partial charge is 0.266 e. The monoisotopic (exact) mass is 444 g/mol. The van der Waals surface area contributed by atoms with E-state index in [-0.39, 0.29) is 11.5 Å². The minimum absolute atomic E-state index is 0.0672. The number of rotatable bonds is 5. The lowest BCUT2D eigenvalue weighted by molar-refractivity contribution is -0.116. The highest BCUT2D eigenvalue weighted by Crippen LogP contribution is 2.31. The van der Waals surface area contributed by atoms with Crippen LogP contribution in [-0.2, 0) is 9.59 Å². The van der Waals surface area contributed by atoms with Crippen LogP contribution in [0.1, 0.15) is 34.9 Å². The summed E-state index contributed by atoms with van der Waals surface area (Å²) < 4.78 is 0. The molecule has 0 aliphatic carbocycles. The van der Waals surface area contributed by atoms with Gasteiger partial charge in [0.15, 0.2) is 5.13 Å². The zero-order valence-corrected chi connectivity index (χ0v) is 19.5. The third-order valence-corrected chi connectivity index (χ3v) is 5.90. The molecule has 6 nitrogen and oxygen atoms in total. The quantitative estimate of drug-likeness (QED) is 0.409. The van der Waals surface area contributed by atoms with E-state index >= 15 is 0 Å². The molecular formula is C25H24N4O2S. The average molecular weight is 445 g/mol. The highest BCUT2D eigenvalue weighted by Gasteiger charge is 2.19. The number of carbonyl (C=O) groups is 2. The van der Waals surface area contributed by atoms with Crippen molar-refractivity contribution in [1.82, 2.24) is 4.98 Å². The van der Waals surface area contributed by atoms with Gasteiger partial charge >= 0.3 is 0 Å². The maximum atomic E-state index is 12.6. The van der Waals surface area contributed by atoms with E-state index in [4.69, 9.17) is 0 Å². The molecule has 1 N–H and O–H groups in total. The van der Waals surface area contributed by atoms with Crippen molar-refractivity contribution in [1.29, 1.82) is 5.26 Å². The fourth-order valence-electron chi connectivity index (χ4n) is 3.18. The largest absolute Gasteiger partial charge is 0.321 e. The van der Waals surface area contributed by atoms with Crippen molar-refractivity contribution in [3.8, 4) is 6.07 Å². The van der Waals surface area contributed by atoms with Gasteiger partial charge in [0.25, 0.3) is 5.91 Å². The SMILES string of the molecule is CC(=O)N(c1ccc(C)c(C)c1)c1nc(/C=C(\C#N)C(=O)Nc2ccc(C)cc2C)cs1. The molecule has 162 valence electrons. The number of carbonyl (C=O) groups excluding carboxylic acids is 2. The molecule has 0 saturated carbocycles. The number of nitrogens with one attached hydrogen (secondary N) is 1. The molecule has 32 heavy (non-hydrogen) atoms. The summed E-state index contributed by atoms with van der Waals surface area (Å²) in [6.45, 7) is 9.34. The Morgan fingerprint density at radius 2 is 1.81 bits per heavy atom. The predicted molar refractivity (Wildman–Crippen MR) is 129 cm³/mol. The number of hydrogen-bond acceptors (Lipinski definition) is 5. The standard InChI is InChI=1S/C25H24N4O2S/c1-15-6-9-23(18(4)10-15)28-24(31)20(13-26)12-21-14-32-25(27-21)29(19(5)30)22-8-7-16(2)17(3)11-22/h6-12,14H,1-5H3,(H,28,31)/b20-12+. The van der Waals surface area contributed by atoms with Crippen molar-refractivity contribution in [2.45, 2.75) is 34.6 Å². The van der Waals surface area contributed by atoms with Gasteiger partial charge in [-0.05, 0) is 68.7 Å². The first kappa shape index (κ1) is 22.9. The number of anilines is 3. The molecular weight excluding hydrogens is 420 g/mol. The number of aryl methyl sites for hydroxylation is 4. The van der Waals surface area contributed by atoms with E-state index in [1.165, 1.54) is 29.2 Å². The Hall–Kier alpha value is -3.76. The maximum Gasteiger partial charge on any atom is 0.266 e. The number of nitrogens with zero attached hydrogens (tertiary/aromatic N) is 3. The van der Waals surface area contributed by atoms with E-state index in [1.807, 2.05) is 70.2 Å². The molecule has 0 aliphatic rings. The van der Waals surface area contributed by atoms with Crippen LogP contribution in [0.25, 0.3) is 6.08 Å². The Bertz CT molecular complexity index is 1270. The first-order valence-electron chi connectivity index (χ1n) is 10.0. The van der Waals surface area contributed by atoms with Crippen LogP contribution < -0.4 is 10.2 Å². The summed E-state index contributed by atoms with van der Waals surface area (Å²) in [6.07, 6.45) is 1.43. The van der Waals surface area contributed by atoms with Crippen molar-refractivity contribution < 1.29 is 9.59 Å². The van der Waals surface area contributed by atoms with Gasteiger partial charge in [-0.3, -0.25) is 14.5 Å². The molecule has 2 amide bonds. The van der Waals surface area contributed by atoms with Crippen LogP contribution in [0, 0.1) is 39.0 Å². The van der Waals surface area contributed by atoms with E-state index in [0.29, 0.717) is 16.5 Å². The number of aromatic nitrogens is 1. The number of thiazole rings is 1. The Labute approximate surface area is 191 Å². The van der Waals surface area contributed by atoms with E-state index in [1.54, 1.807) is 5.38 Å². The van der Waals surface area contributed by atoms with Gasteiger partial charge in [0.2, 0.25) is 5.91 Å². The lowest BCUT2D eigenvalue weighted by Crippen LogP contribution is -2.22. The van der Waals surface area contributed by atoms with Gasteiger partial charge in [0.05, 0.1) is 11.4 Å². The second-order valence-corrected chi connectivity index (χ2v) is 8.46. The molecule has 0 unspecified atom stereocenters. The van der Waals surface area contributed by atoms with Crippen molar-refractivity contribution in [2.75, 3.05) is 10.2 Å². The second kappa shape index (κ2) is 9.58. The van der Waals surface area contributed by atoms with Crippen molar-refractivity contribution in [3.05, 3.63) is 75.3 Å². The van der Waals surface area contributed by atoms with E-state index < -0.39 is 5.91 Å². The Morgan fingerprint density at radius 3 is 2.44 bits per heavy atom. The van der Waals surface area contributed by atoms with Gasteiger partial charge in [-0.15, -0.1) is 11.3 Å². The molecule has 7 heteroatoms. The maximum absolute atomic E-state index is 12.6. The normalized spacial score (nSPS) is 11.1. The van der Waals surface area contributed by atoms with Gasteiger partial charge in [0, 0.05) is 18.0 Å². The highest BCUT2D eigenvalue weighted by molar-refractivity contribution is 7.14. The van der Waals surface area contributed by atoms with Crippen LogP contribution in [-0.4, -0.2) is 16.8 Å². The molecule has 3 rings (SSSR count). The topological polar surface area (TPSA) is 86.1 Å². The second-order valence-electron chi connectivity index (χ2n) is 7.62. The van der Waals surface area contributed by atoms with Crippen LogP contribution >= 0.6 is 11.3 Å². The molecule has 0 bridgehead atoms. The lowest BCUT2D eigenvalue weighted by Gasteiger charge is -2.19. The third-order valence-electron chi connectivity index (χ3n) is 5.05. The first-order valence-corrected chi connectivity index (χ1v) is 10.9. The summed E-state index contributed by atoms with van der Waals surface area (Å²) in [5.74, 6) is -0.683. The van der Waals surface area contributed by atoms with E-state index in [2.05, 4.69) is 10.3 Å². The summed E-state index contributed by atoms with van der Waals surface area (Å²) >= 11 is 1.27. The Balaban J connectivity index is 1.87. The number of amides is 2. The molecule has 0 spiro atoms. The minimum atomic E-state index is -0.508. The van der Waals surface area contributed by atoms with Crippen LogP contribution in [0.3, 0.4) is 0 Å². The molecule has 0 aliphatic heterocycles. The molecule has 0 saturated heterocycles. The summed E-state index contributed by atoms with van der Waals surface area (Å²) in [6, 6.07) is 13.4. The number of hydrogen-bond donors (Lipinski definition) is 1. The van der Waals surface area contributed by atoms with Crippen molar-refractivity contribution in [3.63, 3.8) is 0 Å². The Kier molecular flexibility index (Phi) is 6.86. The number of benzene rings is 2. The van der Waals surface area contributed by atoms with E-state index in [0.717, 1.165) is 27.9 Å². The zero-order chi connectivity index (χ0) is 23.4. The summed E-state index contributed by atoms with van der Waals surface area (Å²) in [5.41, 5.74) is 5.95. The molecule has 2 aromatic carbocycles. The zero-order valence-electron chi connectivity index (χ0n) is 18.7. The van der Waals surface area contributed by atoms with Crippen LogP contribution in [0.5, 0.6) is 0 Å². The number of nitriles is 1. The fraction of sp³-hybridized carbons (Fsp3) is 0.200. The van der Waals surface area contributed by atoms with Crippen LogP contribution in [0.2, 0.25) is 0 Å². The third kappa shape index (κ3) is 5.10. The van der Waals surface area contributed by atoms with Crippen LogP contribution in [0.4, 0.5) is 16.5 Å². The molecule has 0 fully saturated rings. The average Bonchev–Trinajstić information content (AvgIpc) is 3.18. The highest BCUT2D eigenvalue weighted by atomic mass is 32.1. The summed E-state index contributed by atoms with van der Waals surface area (Å²) in [7, 11) is 0. The molecule has 0 atom stereocenters. The summed E-state index contributed by atoms with van der Waals surface area (Å²) in [4.78, 5) is 31.0. The molecule has 3 aromatic rings. The fourth-order valence-corrected chi connectivity index (χ4v) is 4.02. The van der Waals surface area contributed by atoms with Crippen LogP contribution in [0.15, 0.2) is 47.4 Å².